The molecule has 0 aromatic carbocycles. The molecule has 1 aliphatic carbocycles. The maximum atomic E-state index is 12.6. The zero-order chi connectivity index (χ0) is 16.9. The zero-order valence-corrected chi connectivity index (χ0v) is 15.1. The first-order valence-corrected chi connectivity index (χ1v) is 9.65. The van der Waals surface area contributed by atoms with Crippen molar-refractivity contribution in [2.24, 2.45) is 5.92 Å². The van der Waals surface area contributed by atoms with Crippen LogP contribution in [0.3, 0.4) is 0 Å². The third-order valence-electron chi connectivity index (χ3n) is 5.58. The molecule has 1 N–H and O–H groups in total. The van der Waals surface area contributed by atoms with E-state index in [0.717, 1.165) is 31.0 Å². The standard InChI is InChI=1S/C19H31N3O2/c1-3-17-18(14(2)24-21-17)19(23)20-16-10-7-11-22(13-16)12-15-8-5-4-6-9-15/h15-16H,3-13H2,1-2H3,(H,20,23). The number of amides is 1. The topological polar surface area (TPSA) is 58.4 Å². The smallest absolute Gasteiger partial charge is 0.257 e. The molecule has 134 valence electrons. The van der Waals surface area contributed by atoms with Crippen LogP contribution in [0.4, 0.5) is 0 Å². The molecular weight excluding hydrogens is 302 g/mol. The number of hydrogen-bond acceptors (Lipinski definition) is 4. The molecule has 2 aliphatic rings. The largest absolute Gasteiger partial charge is 0.361 e. The van der Waals surface area contributed by atoms with Gasteiger partial charge in [-0.15, -0.1) is 0 Å². The SMILES string of the molecule is CCc1noc(C)c1C(=O)NC1CCCN(CC2CCCCC2)C1. The molecule has 24 heavy (non-hydrogen) atoms. The van der Waals surface area contributed by atoms with E-state index in [1.54, 1.807) is 0 Å². The molecule has 2 fully saturated rings. The molecule has 1 atom stereocenters. The first-order chi connectivity index (χ1) is 11.7. The second kappa shape index (κ2) is 8.15. The Bertz CT molecular complexity index is 549. The van der Waals surface area contributed by atoms with E-state index in [9.17, 15) is 4.79 Å². The van der Waals surface area contributed by atoms with Gasteiger partial charge in [-0.2, -0.15) is 0 Å². The van der Waals surface area contributed by atoms with Crippen molar-refractivity contribution in [3.8, 4) is 0 Å². The number of nitrogens with zero attached hydrogens (tertiary/aromatic N) is 2. The highest BCUT2D eigenvalue weighted by atomic mass is 16.5. The van der Waals surface area contributed by atoms with Gasteiger partial charge in [0.2, 0.25) is 0 Å². The Labute approximate surface area is 145 Å². The molecule has 1 saturated heterocycles. The summed E-state index contributed by atoms with van der Waals surface area (Å²) in [4.78, 5) is 15.2. The molecule has 5 nitrogen and oxygen atoms in total. The molecule has 1 aromatic rings. The van der Waals surface area contributed by atoms with Crippen LogP contribution in [0.25, 0.3) is 0 Å². The average Bonchev–Trinajstić information content (AvgIpc) is 2.97. The van der Waals surface area contributed by atoms with Gasteiger partial charge in [0.1, 0.15) is 11.3 Å². The molecule has 1 unspecified atom stereocenters. The molecule has 2 heterocycles. The Kier molecular flexibility index (Phi) is 5.93. The third kappa shape index (κ3) is 4.18. The summed E-state index contributed by atoms with van der Waals surface area (Å²) in [7, 11) is 0. The number of nitrogens with one attached hydrogen (secondary N) is 1. The molecule has 1 saturated carbocycles. The van der Waals surface area contributed by atoms with Crippen molar-refractivity contribution in [2.75, 3.05) is 19.6 Å². The fraction of sp³-hybridized carbons (Fsp3) is 0.789. The summed E-state index contributed by atoms with van der Waals surface area (Å²) in [6.45, 7) is 7.18. The second-order valence-electron chi connectivity index (χ2n) is 7.49. The Hall–Kier alpha value is -1.36. The van der Waals surface area contributed by atoms with Crippen LogP contribution in [0.2, 0.25) is 0 Å². The minimum atomic E-state index is -0.0184. The predicted octanol–water partition coefficient (Wildman–Crippen LogP) is 3.32. The Morgan fingerprint density at radius 1 is 1.25 bits per heavy atom. The number of carbonyl (C=O) groups is 1. The molecule has 0 radical (unpaired) electrons. The van der Waals surface area contributed by atoms with Crippen LogP contribution in [0.5, 0.6) is 0 Å². The van der Waals surface area contributed by atoms with Crippen molar-refractivity contribution in [1.29, 1.82) is 0 Å². The maximum absolute atomic E-state index is 12.6. The maximum Gasteiger partial charge on any atom is 0.257 e. The van der Waals surface area contributed by atoms with Gasteiger partial charge in [-0.1, -0.05) is 31.3 Å². The minimum absolute atomic E-state index is 0.0184. The lowest BCUT2D eigenvalue weighted by molar-refractivity contribution is 0.0887. The highest BCUT2D eigenvalue weighted by Crippen LogP contribution is 2.25. The van der Waals surface area contributed by atoms with Crippen LogP contribution < -0.4 is 5.32 Å². The monoisotopic (exact) mass is 333 g/mol. The van der Waals surface area contributed by atoms with Crippen LogP contribution in [0, 0.1) is 12.8 Å². The molecule has 1 amide bonds. The van der Waals surface area contributed by atoms with E-state index < -0.39 is 0 Å². The summed E-state index contributed by atoms with van der Waals surface area (Å²) in [5.74, 6) is 1.47. The number of rotatable bonds is 5. The van der Waals surface area contributed by atoms with E-state index in [1.165, 1.54) is 51.6 Å². The quantitative estimate of drug-likeness (QED) is 0.898. The fourth-order valence-electron chi connectivity index (χ4n) is 4.28. The second-order valence-corrected chi connectivity index (χ2v) is 7.49. The zero-order valence-electron chi connectivity index (χ0n) is 15.1. The molecule has 3 rings (SSSR count). The first-order valence-electron chi connectivity index (χ1n) is 9.65. The number of aromatic nitrogens is 1. The molecule has 1 aliphatic heterocycles. The van der Waals surface area contributed by atoms with E-state index in [-0.39, 0.29) is 11.9 Å². The van der Waals surface area contributed by atoms with Gasteiger partial charge in [0.15, 0.2) is 0 Å². The molecule has 0 bridgehead atoms. The van der Waals surface area contributed by atoms with Crippen molar-refractivity contribution < 1.29 is 9.32 Å². The molecular formula is C19H31N3O2. The Morgan fingerprint density at radius 2 is 2.04 bits per heavy atom. The van der Waals surface area contributed by atoms with Gasteiger partial charge in [-0.05, 0) is 51.5 Å². The minimum Gasteiger partial charge on any atom is -0.361 e. The lowest BCUT2D eigenvalue weighted by Gasteiger charge is -2.36. The van der Waals surface area contributed by atoms with Crippen molar-refractivity contribution in [1.82, 2.24) is 15.4 Å². The summed E-state index contributed by atoms with van der Waals surface area (Å²) in [5, 5.41) is 7.22. The molecule has 1 aromatic heterocycles. The van der Waals surface area contributed by atoms with Crippen molar-refractivity contribution >= 4 is 5.91 Å². The Balaban J connectivity index is 1.54. The van der Waals surface area contributed by atoms with E-state index in [0.29, 0.717) is 11.3 Å². The first kappa shape index (κ1) is 17.5. The van der Waals surface area contributed by atoms with Crippen LogP contribution in [-0.4, -0.2) is 41.6 Å². The number of aryl methyl sites for hydroxylation is 2. The van der Waals surface area contributed by atoms with E-state index in [4.69, 9.17) is 4.52 Å². The summed E-state index contributed by atoms with van der Waals surface area (Å²) in [5.41, 5.74) is 1.40. The van der Waals surface area contributed by atoms with Gasteiger partial charge >= 0.3 is 0 Å². The van der Waals surface area contributed by atoms with Crippen LogP contribution in [-0.2, 0) is 6.42 Å². The summed E-state index contributed by atoms with van der Waals surface area (Å²) in [6, 6.07) is 0.244. The fourth-order valence-corrected chi connectivity index (χ4v) is 4.28. The third-order valence-corrected chi connectivity index (χ3v) is 5.58. The van der Waals surface area contributed by atoms with Gasteiger partial charge in [0.05, 0.1) is 5.69 Å². The average molecular weight is 333 g/mol. The van der Waals surface area contributed by atoms with Gasteiger partial charge in [-0.3, -0.25) is 4.79 Å². The van der Waals surface area contributed by atoms with Gasteiger partial charge < -0.3 is 14.7 Å². The van der Waals surface area contributed by atoms with E-state index in [2.05, 4.69) is 15.4 Å². The lowest BCUT2D eigenvalue weighted by Crippen LogP contribution is -2.49. The Morgan fingerprint density at radius 3 is 2.79 bits per heavy atom. The summed E-state index contributed by atoms with van der Waals surface area (Å²) in [6.07, 6.45) is 9.92. The molecule has 0 spiro atoms. The van der Waals surface area contributed by atoms with E-state index in [1.807, 2.05) is 13.8 Å². The normalized spacial score (nSPS) is 23.3. The number of piperidine rings is 1. The van der Waals surface area contributed by atoms with Crippen LogP contribution in [0.15, 0.2) is 4.52 Å². The number of carbonyl (C=O) groups excluding carboxylic acids is 1. The van der Waals surface area contributed by atoms with Crippen molar-refractivity contribution in [3.63, 3.8) is 0 Å². The highest BCUT2D eigenvalue weighted by Gasteiger charge is 2.26. The van der Waals surface area contributed by atoms with E-state index >= 15 is 0 Å². The number of hydrogen-bond donors (Lipinski definition) is 1. The number of likely N-dealkylation sites (tertiary alicyclic amines) is 1. The van der Waals surface area contributed by atoms with Crippen molar-refractivity contribution in [3.05, 3.63) is 17.0 Å². The van der Waals surface area contributed by atoms with Crippen LogP contribution in [0.1, 0.15) is 73.7 Å². The summed E-state index contributed by atoms with van der Waals surface area (Å²) < 4.78 is 5.20. The molecule has 5 heteroatoms. The predicted molar refractivity (Wildman–Crippen MR) is 94.1 cm³/mol. The van der Waals surface area contributed by atoms with Gasteiger partial charge in [0, 0.05) is 19.1 Å². The summed E-state index contributed by atoms with van der Waals surface area (Å²) >= 11 is 0. The highest BCUT2D eigenvalue weighted by molar-refractivity contribution is 5.96. The van der Waals surface area contributed by atoms with Gasteiger partial charge in [0.25, 0.3) is 5.91 Å². The van der Waals surface area contributed by atoms with Crippen LogP contribution >= 0.6 is 0 Å². The van der Waals surface area contributed by atoms with Crippen molar-refractivity contribution in [2.45, 2.75) is 71.3 Å². The lowest BCUT2D eigenvalue weighted by atomic mass is 9.88. The van der Waals surface area contributed by atoms with Gasteiger partial charge in [-0.25, -0.2) is 0 Å².